The number of fused-ring (bicyclic) bond motifs is 2. The van der Waals surface area contributed by atoms with E-state index in [9.17, 15) is 36.9 Å². The van der Waals surface area contributed by atoms with Crippen molar-refractivity contribution >= 4 is 52.6 Å². The fraction of sp³-hybridized carbons (Fsp3) is 0.547. The third-order valence-electron chi connectivity index (χ3n) is 15.6. The van der Waals surface area contributed by atoms with E-state index in [-0.39, 0.29) is 96.3 Å². The minimum absolute atomic E-state index is 0.0190. The molecule has 382 valence electrons. The fourth-order valence-corrected chi connectivity index (χ4v) is 13.9. The minimum atomic E-state index is -4.54. The van der Waals surface area contributed by atoms with Crippen molar-refractivity contribution in [3.05, 3.63) is 101 Å². The van der Waals surface area contributed by atoms with Crippen LogP contribution in [-0.4, -0.2) is 107 Å². The average Bonchev–Trinajstić information content (AvgIpc) is 4.17. The zero-order valence-corrected chi connectivity index (χ0v) is 42.4. The lowest BCUT2D eigenvalue weighted by Crippen LogP contribution is -2.59. The van der Waals surface area contributed by atoms with Gasteiger partial charge in [-0.25, -0.2) is 9.48 Å². The van der Waals surface area contributed by atoms with Crippen LogP contribution in [0.3, 0.4) is 0 Å². The smallest absolute Gasteiger partial charge is 0.394 e. The van der Waals surface area contributed by atoms with Crippen LogP contribution in [0.4, 0.5) is 17.6 Å². The Kier molecular flexibility index (Phi) is 14.6. The Balaban J connectivity index is 0.952. The number of ether oxygens (including phenoxy) is 1. The third kappa shape index (κ3) is 10.8. The molecule has 3 saturated heterocycles. The van der Waals surface area contributed by atoms with Crippen LogP contribution in [0, 0.1) is 11.3 Å². The Morgan fingerprint density at radius 1 is 0.930 bits per heavy atom. The number of esters is 1. The molecule has 1 unspecified atom stereocenters. The Morgan fingerprint density at radius 3 is 2.30 bits per heavy atom. The Bertz CT molecular complexity index is 2650. The van der Waals surface area contributed by atoms with Gasteiger partial charge in [-0.15, -0.1) is 11.3 Å². The van der Waals surface area contributed by atoms with Crippen molar-refractivity contribution in [3.63, 3.8) is 0 Å². The molecule has 3 aliphatic heterocycles. The molecule has 5 aliphatic rings. The number of amides is 3. The molecule has 1 spiro atoms. The molecule has 2 aliphatic carbocycles. The highest BCUT2D eigenvalue weighted by atomic mass is 32.1. The molecule has 4 heterocycles. The van der Waals surface area contributed by atoms with Crippen molar-refractivity contribution in [1.82, 2.24) is 25.1 Å². The molecule has 9 rings (SSSR count). The van der Waals surface area contributed by atoms with Crippen molar-refractivity contribution in [3.8, 4) is 5.75 Å². The number of benzene rings is 3. The summed E-state index contributed by atoms with van der Waals surface area (Å²) >= 11 is 1.13. The number of halogens is 4. The number of thiophene rings is 1. The van der Waals surface area contributed by atoms with Crippen LogP contribution in [-0.2, 0) is 23.7 Å². The maximum atomic E-state index is 16.8. The molecule has 0 radical (unpaired) electrons. The molecule has 0 bridgehead atoms. The molecule has 1 aromatic heterocycles. The largest absolute Gasteiger partial charge is 0.464 e. The lowest BCUT2D eigenvalue weighted by atomic mass is 9.93. The van der Waals surface area contributed by atoms with Crippen molar-refractivity contribution in [2.45, 2.75) is 145 Å². The van der Waals surface area contributed by atoms with E-state index < -0.39 is 55.0 Å². The normalized spacial score (nSPS) is 25.3. The quantitative estimate of drug-likeness (QED) is 0.0602. The number of carbonyl (C=O) groups excluding carboxylic acids is 4. The topological polar surface area (TPSA) is 138 Å². The van der Waals surface area contributed by atoms with Gasteiger partial charge in [0.1, 0.15) is 23.9 Å². The molecule has 18 heteroatoms. The predicted molar refractivity (Wildman–Crippen MR) is 264 cm³/mol. The lowest BCUT2D eigenvalue weighted by Gasteiger charge is -2.41. The molecule has 71 heavy (non-hydrogen) atoms. The molecule has 12 nitrogen and oxygen atoms in total. The monoisotopic (exact) mass is 1020 g/mol. The second kappa shape index (κ2) is 20.2. The molecular formula is C53H64F4N5O7PS. The number of hydrogen-bond acceptors (Lipinski definition) is 9. The first-order valence-corrected chi connectivity index (χ1v) is 27.5. The Morgan fingerprint density at radius 2 is 1.63 bits per heavy atom. The van der Waals surface area contributed by atoms with Crippen molar-refractivity contribution < 1.29 is 50.6 Å². The van der Waals surface area contributed by atoms with Gasteiger partial charge in [-0.2, -0.15) is 13.2 Å². The van der Waals surface area contributed by atoms with Crippen LogP contribution in [0.25, 0.3) is 10.1 Å². The van der Waals surface area contributed by atoms with Crippen LogP contribution in [0.1, 0.15) is 124 Å². The summed E-state index contributed by atoms with van der Waals surface area (Å²) in [6.45, 7) is 6.05. The van der Waals surface area contributed by atoms with E-state index in [1.165, 1.54) is 36.8 Å². The number of rotatable bonds is 17. The summed E-state index contributed by atoms with van der Waals surface area (Å²) in [6, 6.07) is 20.8. The van der Waals surface area contributed by atoms with E-state index in [0.717, 1.165) is 30.6 Å². The van der Waals surface area contributed by atoms with Crippen LogP contribution >= 0.6 is 18.9 Å². The number of para-hydroxylation sites is 1. The van der Waals surface area contributed by atoms with Gasteiger partial charge in [-0.05, 0) is 144 Å². The van der Waals surface area contributed by atoms with Gasteiger partial charge in [0, 0.05) is 34.8 Å². The molecular weight excluding hydrogens is 958 g/mol. The second-order valence-corrected chi connectivity index (χ2v) is 24.3. The standard InChI is InChI=1S/C53H64F4N5O7PS/c1-33(2)32-68-50(66)34(3)59-70(67,69-41-13-9-6-10-14-41)46(54)36-15-20-44-37(27-36)28-45(71-44)47(63)58-42-18-16-39(60(4)26-25-51(21-22-51)53(55,56)57)29-40-17-19-43(62(40)48(42)64)49(65)61-31-38(30-52(61)23-24-52)35-11-7-5-8-12-35/h5-15,20,27-28,33-34,38-40,42-43,46H,16-19,21-26,29-32H2,1-4H3,(H,58,63)(H,59,67)/t34-,38+,39-,40+,42-,43-,46+,70?/m0/s1. The average molecular weight is 1020 g/mol. The Labute approximate surface area is 416 Å². The van der Waals surface area contributed by atoms with E-state index in [1.54, 1.807) is 35.2 Å². The van der Waals surface area contributed by atoms with Gasteiger partial charge in [0.15, 0.2) is 0 Å². The first kappa shape index (κ1) is 51.1. The number of hydrogen-bond donors (Lipinski definition) is 2. The second-order valence-electron chi connectivity index (χ2n) is 21.1. The highest BCUT2D eigenvalue weighted by molar-refractivity contribution is 7.57. The number of carbonyl (C=O) groups is 4. The van der Waals surface area contributed by atoms with Crippen LogP contribution in [0.15, 0.2) is 84.9 Å². The zero-order valence-electron chi connectivity index (χ0n) is 40.7. The van der Waals surface area contributed by atoms with Crippen molar-refractivity contribution in [2.24, 2.45) is 11.3 Å². The van der Waals surface area contributed by atoms with Crippen molar-refractivity contribution in [1.29, 1.82) is 0 Å². The predicted octanol–water partition coefficient (Wildman–Crippen LogP) is 10.5. The lowest BCUT2D eigenvalue weighted by molar-refractivity contribution is -0.190. The summed E-state index contributed by atoms with van der Waals surface area (Å²) in [5, 5.41) is 6.06. The fourth-order valence-electron chi connectivity index (χ4n) is 11.1. The summed E-state index contributed by atoms with van der Waals surface area (Å²) in [6.07, 6.45) is 0.706. The summed E-state index contributed by atoms with van der Waals surface area (Å²) in [5.41, 5.74) is -0.765. The third-order valence-corrected chi connectivity index (χ3v) is 18.8. The zero-order chi connectivity index (χ0) is 50.5. The van der Waals surface area contributed by atoms with Gasteiger partial charge in [-0.1, -0.05) is 68.4 Å². The highest BCUT2D eigenvalue weighted by Crippen LogP contribution is 2.61. The molecule has 5 fully saturated rings. The van der Waals surface area contributed by atoms with E-state index in [1.807, 2.05) is 48.9 Å². The van der Waals surface area contributed by atoms with Crippen LogP contribution in [0.2, 0.25) is 0 Å². The van der Waals surface area contributed by atoms with Crippen molar-refractivity contribution in [2.75, 3.05) is 26.7 Å². The minimum Gasteiger partial charge on any atom is -0.464 e. The number of likely N-dealkylation sites (tertiary alicyclic amines) is 1. The SMILES string of the molecule is CC(C)COC(=O)[C@H](C)NP(=O)(Oc1ccccc1)[C@@H](F)c1ccc2sc(C(=O)N[C@H]3CC[C@H](N(C)CCC4(C(F)(F)F)CC4)C[C@H]4CC[C@@H](C(=O)N5C[C@H](c6ccccc6)CC56CC6)N4C3=O)cc2c1. The van der Waals surface area contributed by atoms with Gasteiger partial charge >= 0.3 is 19.7 Å². The maximum absolute atomic E-state index is 16.8. The van der Waals surface area contributed by atoms with Crippen LogP contribution in [0.5, 0.6) is 5.75 Å². The summed E-state index contributed by atoms with van der Waals surface area (Å²) in [4.78, 5) is 63.0. The molecule has 2 saturated carbocycles. The van der Waals surface area contributed by atoms with Crippen LogP contribution < -0.4 is 14.9 Å². The van der Waals surface area contributed by atoms with Gasteiger partial charge in [0.2, 0.25) is 17.7 Å². The van der Waals surface area contributed by atoms with E-state index in [4.69, 9.17) is 9.26 Å². The maximum Gasteiger partial charge on any atom is 0.394 e. The highest BCUT2D eigenvalue weighted by Gasteiger charge is 2.63. The van der Waals surface area contributed by atoms with E-state index in [2.05, 4.69) is 22.5 Å². The summed E-state index contributed by atoms with van der Waals surface area (Å²) < 4.78 is 85.2. The summed E-state index contributed by atoms with van der Waals surface area (Å²) in [5.74, 6) is -3.64. The first-order chi connectivity index (χ1) is 33.8. The number of nitrogens with zero attached hydrogens (tertiary/aromatic N) is 3. The van der Waals surface area contributed by atoms with E-state index in [0.29, 0.717) is 42.3 Å². The summed E-state index contributed by atoms with van der Waals surface area (Å²) in [7, 11) is -2.70. The number of nitrogens with one attached hydrogen (secondary N) is 2. The van der Waals surface area contributed by atoms with Gasteiger partial charge < -0.3 is 29.3 Å². The Hall–Kier alpha value is -4.83. The van der Waals surface area contributed by atoms with Gasteiger partial charge in [0.05, 0.1) is 16.9 Å². The van der Waals surface area contributed by atoms with E-state index >= 15 is 4.39 Å². The van der Waals surface area contributed by atoms with Gasteiger partial charge in [0.25, 0.3) is 5.91 Å². The molecule has 4 aromatic rings. The molecule has 8 atom stereocenters. The molecule has 2 N–H and O–H groups in total. The molecule has 3 aromatic carbocycles. The first-order valence-electron chi connectivity index (χ1n) is 25.0. The van der Waals surface area contributed by atoms with Gasteiger partial charge in [-0.3, -0.25) is 23.7 Å². The number of alkyl halides is 4. The molecule has 3 amide bonds.